The Morgan fingerprint density at radius 3 is 3.13 bits per heavy atom. The monoisotopic (exact) mass is 208 g/mol. The molecule has 2 rings (SSSR count). The molecule has 1 amide bonds. The second-order valence-electron chi connectivity index (χ2n) is 2.75. The van der Waals surface area contributed by atoms with Crippen molar-refractivity contribution in [3.05, 3.63) is 18.0 Å². The predicted molar refractivity (Wildman–Crippen MR) is 46.4 cm³/mol. The van der Waals surface area contributed by atoms with Crippen LogP contribution in [0.15, 0.2) is 6.33 Å². The lowest BCUT2D eigenvalue weighted by Crippen LogP contribution is -2.24. The van der Waals surface area contributed by atoms with Crippen LogP contribution in [0.1, 0.15) is 16.4 Å². The van der Waals surface area contributed by atoms with E-state index in [4.69, 9.17) is 0 Å². The number of carbonyl (C=O) groups excluding carboxylic acids is 1. The normalized spacial score (nSPS) is 10.2. The summed E-state index contributed by atoms with van der Waals surface area (Å²) in [5, 5.41) is 19.1. The Morgan fingerprint density at radius 1 is 1.67 bits per heavy atom. The SMILES string of the molecule is Cn1cnc(CNC(=O)c2nn[nH]n2)n1. The standard InChI is InChI=1S/C6H8N8O/c1-14-3-8-4(11-14)2-7-6(15)5-9-12-13-10-5/h3H,2H2,1H3,(H,7,15)(H,9,10,12,13). The van der Waals surface area contributed by atoms with Gasteiger partial charge in [-0.3, -0.25) is 9.48 Å². The van der Waals surface area contributed by atoms with Crippen LogP contribution >= 0.6 is 0 Å². The van der Waals surface area contributed by atoms with Crippen LogP contribution in [0.2, 0.25) is 0 Å². The number of hydrogen-bond donors (Lipinski definition) is 2. The fraction of sp³-hybridized carbons (Fsp3) is 0.333. The smallest absolute Gasteiger partial charge is 0.293 e. The number of aryl methyl sites for hydroxylation is 1. The molecule has 0 aliphatic heterocycles. The Kier molecular flexibility index (Phi) is 2.35. The van der Waals surface area contributed by atoms with E-state index in [-0.39, 0.29) is 12.4 Å². The third kappa shape index (κ3) is 2.13. The van der Waals surface area contributed by atoms with E-state index in [0.29, 0.717) is 5.82 Å². The summed E-state index contributed by atoms with van der Waals surface area (Å²) < 4.78 is 1.55. The largest absolute Gasteiger partial charge is 0.342 e. The quantitative estimate of drug-likeness (QED) is 0.618. The lowest BCUT2D eigenvalue weighted by molar-refractivity contribution is 0.0939. The van der Waals surface area contributed by atoms with Gasteiger partial charge in [-0.05, 0) is 5.21 Å². The minimum absolute atomic E-state index is 0.00840. The molecule has 0 atom stereocenters. The Labute approximate surface area is 83.9 Å². The molecular formula is C6H8N8O. The van der Waals surface area contributed by atoms with E-state index in [0.717, 1.165) is 0 Å². The van der Waals surface area contributed by atoms with Crippen LogP contribution < -0.4 is 5.32 Å². The van der Waals surface area contributed by atoms with Gasteiger partial charge in [0.05, 0.1) is 6.54 Å². The Morgan fingerprint density at radius 2 is 2.53 bits per heavy atom. The highest BCUT2D eigenvalue weighted by Crippen LogP contribution is 1.89. The maximum atomic E-state index is 11.3. The van der Waals surface area contributed by atoms with E-state index >= 15 is 0 Å². The third-order valence-corrected chi connectivity index (χ3v) is 1.60. The second kappa shape index (κ2) is 3.82. The lowest BCUT2D eigenvalue weighted by Gasteiger charge is -1.96. The van der Waals surface area contributed by atoms with Crippen molar-refractivity contribution < 1.29 is 4.79 Å². The highest BCUT2D eigenvalue weighted by atomic mass is 16.2. The maximum Gasteiger partial charge on any atom is 0.293 e. The molecule has 0 aliphatic rings. The van der Waals surface area contributed by atoms with Gasteiger partial charge >= 0.3 is 0 Å². The molecule has 0 saturated carbocycles. The Hall–Kier alpha value is -2.32. The molecule has 9 heteroatoms. The van der Waals surface area contributed by atoms with Gasteiger partial charge in [0.15, 0.2) is 5.82 Å². The van der Waals surface area contributed by atoms with Gasteiger partial charge in [0.25, 0.3) is 11.7 Å². The lowest BCUT2D eigenvalue weighted by atomic mass is 10.5. The number of aromatic nitrogens is 7. The zero-order valence-electron chi connectivity index (χ0n) is 7.88. The number of hydrogen-bond acceptors (Lipinski definition) is 6. The summed E-state index contributed by atoms with van der Waals surface area (Å²) >= 11 is 0. The molecular weight excluding hydrogens is 200 g/mol. The number of tetrazole rings is 1. The van der Waals surface area contributed by atoms with Gasteiger partial charge in [0.1, 0.15) is 6.33 Å². The summed E-state index contributed by atoms with van der Waals surface area (Å²) in [4.78, 5) is 15.3. The molecule has 2 heterocycles. The average Bonchev–Trinajstić information content (AvgIpc) is 2.84. The fourth-order valence-corrected chi connectivity index (χ4v) is 0.961. The number of nitrogens with zero attached hydrogens (tertiary/aromatic N) is 6. The summed E-state index contributed by atoms with van der Waals surface area (Å²) in [7, 11) is 1.75. The molecule has 9 nitrogen and oxygen atoms in total. The highest BCUT2D eigenvalue weighted by Gasteiger charge is 2.10. The number of amides is 1. The predicted octanol–water partition coefficient (Wildman–Crippen LogP) is -1.74. The van der Waals surface area contributed by atoms with Crippen molar-refractivity contribution in [3.63, 3.8) is 0 Å². The minimum Gasteiger partial charge on any atom is -0.342 e. The van der Waals surface area contributed by atoms with Crippen LogP contribution in [0.4, 0.5) is 0 Å². The molecule has 78 valence electrons. The molecule has 0 aromatic carbocycles. The molecule has 0 spiro atoms. The first-order chi connectivity index (χ1) is 7.25. The first-order valence-electron chi connectivity index (χ1n) is 4.12. The van der Waals surface area contributed by atoms with Crippen LogP contribution in [-0.4, -0.2) is 41.3 Å². The van der Waals surface area contributed by atoms with Crippen LogP contribution in [-0.2, 0) is 13.6 Å². The molecule has 0 saturated heterocycles. The van der Waals surface area contributed by atoms with Gasteiger partial charge in [0.2, 0.25) is 0 Å². The highest BCUT2D eigenvalue weighted by molar-refractivity contribution is 5.89. The van der Waals surface area contributed by atoms with Crippen molar-refractivity contribution in [2.75, 3.05) is 0 Å². The molecule has 2 aromatic rings. The van der Waals surface area contributed by atoms with Crippen molar-refractivity contribution in [1.29, 1.82) is 0 Å². The van der Waals surface area contributed by atoms with Crippen LogP contribution in [0.3, 0.4) is 0 Å². The average molecular weight is 208 g/mol. The second-order valence-corrected chi connectivity index (χ2v) is 2.75. The van der Waals surface area contributed by atoms with E-state index in [1.54, 1.807) is 18.1 Å². The van der Waals surface area contributed by atoms with E-state index in [9.17, 15) is 4.79 Å². The number of H-pyrrole nitrogens is 1. The maximum absolute atomic E-state index is 11.3. The van der Waals surface area contributed by atoms with E-state index in [1.165, 1.54) is 0 Å². The molecule has 0 aliphatic carbocycles. The van der Waals surface area contributed by atoms with Crippen LogP contribution in [0.25, 0.3) is 0 Å². The third-order valence-electron chi connectivity index (χ3n) is 1.60. The molecule has 2 N–H and O–H groups in total. The summed E-state index contributed by atoms with van der Waals surface area (Å²) in [6.07, 6.45) is 1.55. The van der Waals surface area contributed by atoms with Crippen molar-refractivity contribution in [3.8, 4) is 0 Å². The van der Waals surface area contributed by atoms with Crippen molar-refractivity contribution in [2.45, 2.75) is 6.54 Å². The number of rotatable bonds is 3. The molecule has 15 heavy (non-hydrogen) atoms. The topological polar surface area (TPSA) is 114 Å². The number of nitrogens with one attached hydrogen (secondary N) is 2. The molecule has 0 radical (unpaired) electrons. The zero-order valence-corrected chi connectivity index (χ0v) is 7.88. The summed E-state index contributed by atoms with van der Waals surface area (Å²) in [5.74, 6) is 0.0940. The van der Waals surface area contributed by atoms with Crippen molar-refractivity contribution in [2.24, 2.45) is 7.05 Å². The van der Waals surface area contributed by atoms with Gasteiger partial charge in [-0.2, -0.15) is 10.3 Å². The van der Waals surface area contributed by atoms with Crippen LogP contribution in [0.5, 0.6) is 0 Å². The fourth-order valence-electron chi connectivity index (χ4n) is 0.961. The van der Waals surface area contributed by atoms with E-state index in [1.807, 2.05) is 0 Å². The Bertz CT molecular complexity index is 445. The number of carbonyl (C=O) groups is 1. The molecule has 0 unspecified atom stereocenters. The first kappa shape index (κ1) is 9.24. The summed E-state index contributed by atoms with van der Waals surface area (Å²) in [6, 6.07) is 0. The minimum atomic E-state index is -0.420. The Balaban J connectivity index is 1.91. The summed E-state index contributed by atoms with van der Waals surface area (Å²) in [5.41, 5.74) is 0. The van der Waals surface area contributed by atoms with Crippen molar-refractivity contribution >= 4 is 5.91 Å². The van der Waals surface area contributed by atoms with E-state index < -0.39 is 5.91 Å². The first-order valence-corrected chi connectivity index (χ1v) is 4.12. The van der Waals surface area contributed by atoms with Gasteiger partial charge in [-0.25, -0.2) is 4.98 Å². The van der Waals surface area contributed by atoms with Gasteiger partial charge in [0, 0.05) is 7.05 Å². The number of aromatic amines is 1. The molecule has 0 fully saturated rings. The van der Waals surface area contributed by atoms with Gasteiger partial charge in [-0.15, -0.1) is 10.2 Å². The molecule has 2 aromatic heterocycles. The summed E-state index contributed by atoms with van der Waals surface area (Å²) in [6.45, 7) is 0.230. The van der Waals surface area contributed by atoms with E-state index in [2.05, 4.69) is 36.0 Å². The van der Waals surface area contributed by atoms with Gasteiger partial charge < -0.3 is 5.32 Å². The van der Waals surface area contributed by atoms with Gasteiger partial charge in [-0.1, -0.05) is 0 Å². The molecule has 0 bridgehead atoms. The zero-order chi connectivity index (χ0) is 10.7. The van der Waals surface area contributed by atoms with Crippen LogP contribution in [0, 0.1) is 0 Å². The van der Waals surface area contributed by atoms with Crippen molar-refractivity contribution in [1.82, 2.24) is 40.7 Å².